The molecule has 0 aliphatic heterocycles. The highest BCUT2D eigenvalue weighted by Crippen LogP contribution is 2.46. The van der Waals surface area contributed by atoms with Gasteiger partial charge in [-0.1, -0.05) is 60.7 Å². The number of para-hydroxylation sites is 2. The van der Waals surface area contributed by atoms with Crippen LogP contribution in [-0.2, 0) is 0 Å². The molecule has 0 amide bonds. The van der Waals surface area contributed by atoms with Crippen molar-refractivity contribution in [1.29, 1.82) is 0 Å². The normalized spacial score (nSPS) is 12.2. The maximum atomic E-state index is 6.64. The molecule has 0 saturated heterocycles. The van der Waals surface area contributed by atoms with E-state index >= 15 is 0 Å². The van der Waals surface area contributed by atoms with E-state index in [2.05, 4.69) is 94.9 Å². The summed E-state index contributed by atoms with van der Waals surface area (Å²) in [6.45, 7) is 0. The molecule has 0 spiro atoms. The molecule has 4 nitrogen and oxygen atoms in total. The maximum absolute atomic E-state index is 6.64. The predicted molar refractivity (Wildman–Crippen MR) is 197 cm³/mol. The highest BCUT2D eigenvalue weighted by molar-refractivity contribution is 6.30. The van der Waals surface area contributed by atoms with Gasteiger partial charge in [-0.3, -0.25) is 9.97 Å². The van der Waals surface area contributed by atoms with Crippen molar-refractivity contribution < 1.29 is 8.83 Å². The Bertz CT molecular complexity index is 2890. The fourth-order valence-electron chi connectivity index (χ4n) is 7.86. The Hall–Kier alpha value is -6.52. The standard InChI is InChI=1S/C44H24N2O2/c1-3-11-39-29(9-1)33-15-13-31-35-22-36-28(19-27(35)20-37(41(31)43(33)47-39)25-7-5-17-45-23-25)21-38(26-8-6-18-46-24-26)42-32(36)14-16-34-30-10-2-4-12-40(30)48-44(34)42/h1-24H. The fourth-order valence-corrected chi connectivity index (χ4v) is 7.86. The van der Waals surface area contributed by atoms with E-state index in [0.29, 0.717) is 0 Å². The van der Waals surface area contributed by atoms with Crippen molar-refractivity contribution in [3.63, 3.8) is 0 Å². The Balaban J connectivity index is 1.33. The van der Waals surface area contributed by atoms with Crippen LogP contribution in [0.4, 0.5) is 0 Å². The number of nitrogens with zero attached hydrogens (tertiary/aromatic N) is 2. The van der Waals surface area contributed by atoms with Crippen molar-refractivity contribution in [3.8, 4) is 22.3 Å². The number of hydrogen-bond donors (Lipinski definition) is 0. The Morgan fingerprint density at radius 1 is 0.375 bits per heavy atom. The topological polar surface area (TPSA) is 52.1 Å². The highest BCUT2D eigenvalue weighted by Gasteiger charge is 2.20. The average molecular weight is 613 g/mol. The molecule has 4 aromatic heterocycles. The quantitative estimate of drug-likeness (QED) is 0.144. The lowest BCUT2D eigenvalue weighted by Crippen LogP contribution is -1.89. The van der Waals surface area contributed by atoms with E-state index in [4.69, 9.17) is 8.83 Å². The summed E-state index contributed by atoms with van der Waals surface area (Å²) in [5, 5.41) is 13.6. The molecule has 4 heteroatoms. The molecule has 4 heterocycles. The molecule has 0 N–H and O–H groups in total. The van der Waals surface area contributed by atoms with Crippen molar-refractivity contribution in [2.75, 3.05) is 0 Å². The Morgan fingerprint density at radius 3 is 1.33 bits per heavy atom. The van der Waals surface area contributed by atoms with Crippen LogP contribution in [0.5, 0.6) is 0 Å². The third kappa shape index (κ3) is 3.49. The van der Waals surface area contributed by atoms with E-state index in [0.717, 1.165) is 98.4 Å². The van der Waals surface area contributed by atoms with Gasteiger partial charge in [-0.15, -0.1) is 0 Å². The van der Waals surface area contributed by atoms with Crippen molar-refractivity contribution in [2.45, 2.75) is 0 Å². The number of fused-ring (bicyclic) bond motifs is 14. The van der Waals surface area contributed by atoms with Gasteiger partial charge < -0.3 is 8.83 Å². The monoisotopic (exact) mass is 612 g/mol. The first-order chi connectivity index (χ1) is 23.8. The summed E-state index contributed by atoms with van der Waals surface area (Å²) in [6.07, 6.45) is 7.52. The summed E-state index contributed by atoms with van der Waals surface area (Å²) >= 11 is 0. The van der Waals surface area contributed by atoms with Crippen LogP contribution in [0, 0.1) is 0 Å². The van der Waals surface area contributed by atoms with E-state index < -0.39 is 0 Å². The van der Waals surface area contributed by atoms with Gasteiger partial charge in [0.2, 0.25) is 0 Å². The molecule has 11 aromatic rings. The van der Waals surface area contributed by atoms with E-state index in [-0.39, 0.29) is 0 Å². The van der Waals surface area contributed by atoms with E-state index in [1.165, 1.54) is 10.8 Å². The number of aromatic nitrogens is 2. The second-order valence-electron chi connectivity index (χ2n) is 12.6. The van der Waals surface area contributed by atoms with E-state index in [1.54, 1.807) is 0 Å². The summed E-state index contributed by atoms with van der Waals surface area (Å²) < 4.78 is 13.3. The van der Waals surface area contributed by atoms with Gasteiger partial charge >= 0.3 is 0 Å². The molecule has 48 heavy (non-hydrogen) atoms. The van der Waals surface area contributed by atoms with Crippen LogP contribution in [0.3, 0.4) is 0 Å². The zero-order valence-corrected chi connectivity index (χ0v) is 25.6. The zero-order chi connectivity index (χ0) is 31.3. The first kappa shape index (κ1) is 25.6. The van der Waals surface area contributed by atoms with Crippen LogP contribution < -0.4 is 0 Å². The van der Waals surface area contributed by atoms with Crippen LogP contribution in [-0.4, -0.2) is 9.97 Å². The van der Waals surface area contributed by atoms with Gasteiger partial charge in [0, 0.05) is 68.2 Å². The van der Waals surface area contributed by atoms with Gasteiger partial charge in [-0.05, 0) is 104 Å². The van der Waals surface area contributed by atoms with Gasteiger partial charge in [0.1, 0.15) is 22.3 Å². The molecule has 0 saturated carbocycles. The molecule has 0 radical (unpaired) electrons. The number of furan rings is 2. The van der Waals surface area contributed by atoms with Crippen LogP contribution in [0.2, 0.25) is 0 Å². The van der Waals surface area contributed by atoms with Gasteiger partial charge in [0.05, 0.1) is 0 Å². The summed E-state index contributed by atoms with van der Waals surface area (Å²) in [4.78, 5) is 8.99. The lowest BCUT2D eigenvalue weighted by Gasteiger charge is -2.15. The highest BCUT2D eigenvalue weighted by atomic mass is 16.3. The van der Waals surface area contributed by atoms with E-state index in [9.17, 15) is 0 Å². The molecular formula is C44H24N2O2. The molecule has 0 aliphatic rings. The summed E-state index contributed by atoms with van der Waals surface area (Å²) in [7, 11) is 0. The lowest BCUT2D eigenvalue weighted by atomic mass is 9.88. The summed E-state index contributed by atoms with van der Waals surface area (Å²) in [5.41, 5.74) is 7.89. The smallest absolute Gasteiger partial charge is 0.143 e. The minimum atomic E-state index is 0.888. The van der Waals surface area contributed by atoms with Crippen LogP contribution >= 0.6 is 0 Å². The SMILES string of the molecule is c1cncc(-c2cc3cc4cc(-c5cccnc5)c5c(ccc6c7ccccc7oc65)c4cc3c3ccc4c5ccccc5oc4c23)c1. The largest absolute Gasteiger partial charge is 0.455 e. The van der Waals surface area contributed by atoms with Gasteiger partial charge in [-0.25, -0.2) is 0 Å². The van der Waals surface area contributed by atoms with Gasteiger partial charge in [0.25, 0.3) is 0 Å². The lowest BCUT2D eigenvalue weighted by molar-refractivity contribution is 0.672. The summed E-state index contributed by atoms with van der Waals surface area (Å²) in [6, 6.07) is 43.0. The first-order valence-electron chi connectivity index (χ1n) is 16.1. The summed E-state index contributed by atoms with van der Waals surface area (Å²) in [5.74, 6) is 0. The second kappa shape index (κ2) is 9.50. The predicted octanol–water partition coefficient (Wildman–Crippen LogP) is 12.2. The van der Waals surface area contributed by atoms with Crippen LogP contribution in [0.15, 0.2) is 155 Å². The third-order valence-corrected chi connectivity index (χ3v) is 9.98. The Labute approximate surface area is 273 Å². The van der Waals surface area contributed by atoms with Crippen LogP contribution in [0.25, 0.3) is 109 Å². The third-order valence-electron chi connectivity index (χ3n) is 9.98. The molecule has 11 rings (SSSR count). The van der Waals surface area contributed by atoms with Crippen LogP contribution in [0.1, 0.15) is 0 Å². The number of rotatable bonds is 2. The molecule has 0 bridgehead atoms. The maximum Gasteiger partial charge on any atom is 0.143 e. The number of benzene rings is 7. The number of hydrogen-bond acceptors (Lipinski definition) is 4. The van der Waals surface area contributed by atoms with Crippen molar-refractivity contribution in [1.82, 2.24) is 9.97 Å². The molecule has 7 aromatic carbocycles. The van der Waals surface area contributed by atoms with Gasteiger partial charge in [-0.2, -0.15) is 0 Å². The minimum absolute atomic E-state index is 0.888. The van der Waals surface area contributed by atoms with Crippen molar-refractivity contribution >= 4 is 87.0 Å². The van der Waals surface area contributed by atoms with Crippen molar-refractivity contribution in [3.05, 3.63) is 146 Å². The first-order valence-corrected chi connectivity index (χ1v) is 16.1. The molecular weight excluding hydrogens is 588 g/mol. The minimum Gasteiger partial charge on any atom is -0.455 e. The Kier molecular flexibility index (Phi) is 5.08. The van der Waals surface area contributed by atoms with Crippen molar-refractivity contribution in [2.24, 2.45) is 0 Å². The molecule has 0 unspecified atom stereocenters. The molecule has 0 atom stereocenters. The molecule has 0 fully saturated rings. The number of pyridine rings is 2. The average Bonchev–Trinajstić information content (AvgIpc) is 3.73. The van der Waals surface area contributed by atoms with Gasteiger partial charge in [0.15, 0.2) is 0 Å². The molecule has 0 aliphatic carbocycles. The molecule has 222 valence electrons. The Morgan fingerprint density at radius 2 is 0.854 bits per heavy atom. The zero-order valence-electron chi connectivity index (χ0n) is 25.6. The van der Waals surface area contributed by atoms with E-state index in [1.807, 2.05) is 61.2 Å². The second-order valence-corrected chi connectivity index (χ2v) is 12.6. The fraction of sp³-hybridized carbons (Fsp3) is 0.